The van der Waals surface area contributed by atoms with Crippen molar-refractivity contribution in [1.29, 1.82) is 0 Å². The highest BCUT2D eigenvalue weighted by Crippen LogP contribution is 2.13. The topological polar surface area (TPSA) is 54.5 Å². The zero-order valence-corrected chi connectivity index (χ0v) is 12.2. The second-order valence-corrected chi connectivity index (χ2v) is 6.73. The molecule has 1 saturated heterocycles. The van der Waals surface area contributed by atoms with E-state index in [-0.39, 0.29) is 10.8 Å². The van der Waals surface area contributed by atoms with E-state index < -0.39 is 9.84 Å². The van der Waals surface area contributed by atoms with Crippen LogP contribution in [0.4, 0.5) is 0 Å². The zero-order chi connectivity index (χ0) is 14.4. The van der Waals surface area contributed by atoms with E-state index in [4.69, 9.17) is 0 Å². The fraction of sp³-hybridized carbons (Fsp3) is 0.400. The molecule has 0 N–H and O–H groups in total. The van der Waals surface area contributed by atoms with Crippen molar-refractivity contribution in [3.8, 4) is 0 Å². The Morgan fingerprint density at radius 3 is 2.20 bits per heavy atom. The molecule has 20 heavy (non-hydrogen) atoms. The number of hydrogen-bond acceptors (Lipinski definition) is 3. The molecule has 0 radical (unpaired) electrons. The Hall–Kier alpha value is -1.62. The van der Waals surface area contributed by atoms with Crippen molar-refractivity contribution in [2.24, 2.45) is 0 Å². The number of amides is 1. The molecular weight excluding hydrogens is 274 g/mol. The summed E-state index contributed by atoms with van der Waals surface area (Å²) >= 11 is 0. The van der Waals surface area contributed by atoms with E-state index in [0.717, 1.165) is 31.1 Å². The second-order valence-electron chi connectivity index (χ2n) is 4.90. The number of hydrogen-bond donors (Lipinski definition) is 0. The summed E-state index contributed by atoms with van der Waals surface area (Å²) in [7, 11) is -3.53. The number of nitrogens with zero attached hydrogens (tertiary/aromatic N) is 1. The van der Waals surface area contributed by atoms with Gasteiger partial charge >= 0.3 is 0 Å². The lowest BCUT2D eigenvalue weighted by atomic mass is 10.2. The number of sulfone groups is 1. The van der Waals surface area contributed by atoms with Gasteiger partial charge in [-0.1, -0.05) is 31.0 Å². The molecule has 1 amide bonds. The summed E-state index contributed by atoms with van der Waals surface area (Å²) < 4.78 is 24.1. The number of carbonyl (C=O) groups is 1. The summed E-state index contributed by atoms with van der Waals surface area (Å²) in [6, 6.07) is 8.13. The third-order valence-electron chi connectivity index (χ3n) is 3.38. The van der Waals surface area contributed by atoms with Crippen LogP contribution in [0.2, 0.25) is 0 Å². The van der Waals surface area contributed by atoms with Crippen LogP contribution < -0.4 is 0 Å². The average molecular weight is 293 g/mol. The van der Waals surface area contributed by atoms with Gasteiger partial charge in [0.15, 0.2) is 9.84 Å². The minimum absolute atomic E-state index is 0.208. The van der Waals surface area contributed by atoms with Gasteiger partial charge in [-0.3, -0.25) is 4.79 Å². The van der Waals surface area contributed by atoms with Gasteiger partial charge in [-0.05, 0) is 25.0 Å². The molecule has 0 bridgehead atoms. The van der Waals surface area contributed by atoms with Gasteiger partial charge in [0.25, 0.3) is 0 Å². The first-order valence-corrected chi connectivity index (χ1v) is 8.41. The molecule has 1 aliphatic rings. The Labute approximate surface area is 120 Å². The summed E-state index contributed by atoms with van der Waals surface area (Å²) in [6.07, 6.45) is 5.43. The Kier molecular flexibility index (Phi) is 4.95. The van der Waals surface area contributed by atoms with Crippen LogP contribution in [0.5, 0.6) is 0 Å². The third-order valence-corrected chi connectivity index (χ3v) is 4.80. The summed E-state index contributed by atoms with van der Waals surface area (Å²) in [5.74, 6) is -0.216. The molecule has 4 nitrogen and oxygen atoms in total. The third kappa shape index (κ3) is 3.93. The smallest absolute Gasteiger partial charge is 0.247 e. The second kappa shape index (κ2) is 6.70. The molecule has 1 fully saturated rings. The lowest BCUT2D eigenvalue weighted by Gasteiger charge is -2.17. The largest absolute Gasteiger partial charge is 0.339 e. The molecule has 1 aliphatic heterocycles. The minimum atomic E-state index is -3.53. The van der Waals surface area contributed by atoms with Crippen molar-refractivity contribution in [3.63, 3.8) is 0 Å². The first-order valence-electron chi connectivity index (χ1n) is 6.87. The van der Waals surface area contributed by atoms with Crippen LogP contribution in [0.25, 0.3) is 0 Å². The fourth-order valence-electron chi connectivity index (χ4n) is 2.23. The van der Waals surface area contributed by atoms with Crippen molar-refractivity contribution < 1.29 is 13.2 Å². The molecule has 1 aromatic rings. The van der Waals surface area contributed by atoms with Crippen molar-refractivity contribution >= 4 is 15.7 Å². The van der Waals surface area contributed by atoms with E-state index in [2.05, 4.69) is 0 Å². The quantitative estimate of drug-likeness (QED) is 0.804. The summed E-state index contributed by atoms with van der Waals surface area (Å²) in [5.41, 5.74) is 0. The van der Waals surface area contributed by atoms with Crippen LogP contribution in [0.1, 0.15) is 25.7 Å². The molecule has 5 heteroatoms. The van der Waals surface area contributed by atoms with E-state index in [0.29, 0.717) is 13.1 Å². The number of carbonyl (C=O) groups excluding carboxylic acids is 1. The summed E-state index contributed by atoms with van der Waals surface area (Å²) in [5, 5.41) is 1.01. The van der Waals surface area contributed by atoms with Crippen LogP contribution in [0.3, 0.4) is 0 Å². The summed E-state index contributed by atoms with van der Waals surface area (Å²) in [4.78, 5) is 13.9. The minimum Gasteiger partial charge on any atom is -0.339 e. The van der Waals surface area contributed by atoms with Gasteiger partial charge in [0, 0.05) is 24.6 Å². The van der Waals surface area contributed by atoms with Crippen LogP contribution in [0, 0.1) is 0 Å². The molecule has 0 aliphatic carbocycles. The summed E-state index contributed by atoms with van der Waals surface area (Å²) in [6.45, 7) is 1.43. The maximum atomic E-state index is 12.0. The van der Waals surface area contributed by atoms with Gasteiger partial charge in [-0.25, -0.2) is 8.42 Å². The Bertz CT molecular complexity index is 570. The molecule has 0 saturated carbocycles. The van der Waals surface area contributed by atoms with Crippen molar-refractivity contribution in [1.82, 2.24) is 4.90 Å². The van der Waals surface area contributed by atoms with Gasteiger partial charge in [0.05, 0.1) is 4.90 Å². The molecule has 0 aromatic heterocycles. The van der Waals surface area contributed by atoms with Crippen LogP contribution >= 0.6 is 0 Å². The van der Waals surface area contributed by atoms with E-state index in [1.807, 2.05) is 0 Å². The Balaban J connectivity index is 2.06. The van der Waals surface area contributed by atoms with Crippen LogP contribution in [-0.2, 0) is 14.6 Å². The van der Waals surface area contributed by atoms with Gasteiger partial charge in [0.2, 0.25) is 5.91 Å². The van der Waals surface area contributed by atoms with Crippen molar-refractivity contribution in [2.75, 3.05) is 13.1 Å². The predicted octanol–water partition coefficient (Wildman–Crippen LogP) is 2.38. The zero-order valence-electron chi connectivity index (χ0n) is 11.4. The Morgan fingerprint density at radius 1 is 1.00 bits per heavy atom. The van der Waals surface area contributed by atoms with Gasteiger partial charge < -0.3 is 4.90 Å². The van der Waals surface area contributed by atoms with Gasteiger partial charge in [0.1, 0.15) is 0 Å². The Morgan fingerprint density at radius 2 is 1.60 bits per heavy atom. The highest BCUT2D eigenvalue weighted by molar-refractivity contribution is 7.94. The van der Waals surface area contributed by atoms with E-state index in [1.54, 1.807) is 23.1 Å². The number of likely N-dealkylation sites (tertiary alicyclic amines) is 1. The van der Waals surface area contributed by atoms with Crippen LogP contribution in [-0.4, -0.2) is 32.3 Å². The molecule has 0 unspecified atom stereocenters. The first kappa shape index (κ1) is 14.8. The standard InChI is InChI=1S/C15H19NO3S/c17-15(16-11-6-1-2-7-12-16)10-13-20(18,19)14-8-4-3-5-9-14/h3-5,8-10,13H,1-2,6-7,11-12H2. The lowest BCUT2D eigenvalue weighted by molar-refractivity contribution is -0.125. The maximum Gasteiger partial charge on any atom is 0.247 e. The molecule has 2 rings (SSSR count). The highest BCUT2D eigenvalue weighted by atomic mass is 32.2. The maximum absolute atomic E-state index is 12.0. The molecule has 1 heterocycles. The van der Waals surface area contributed by atoms with Crippen molar-refractivity contribution in [2.45, 2.75) is 30.6 Å². The number of rotatable bonds is 3. The lowest BCUT2D eigenvalue weighted by Crippen LogP contribution is -2.30. The van der Waals surface area contributed by atoms with Gasteiger partial charge in [-0.15, -0.1) is 0 Å². The molecule has 0 spiro atoms. The molecule has 1 aromatic carbocycles. The molecule has 108 valence electrons. The van der Waals surface area contributed by atoms with E-state index in [1.165, 1.54) is 18.2 Å². The van der Waals surface area contributed by atoms with E-state index >= 15 is 0 Å². The molecular formula is C15H19NO3S. The SMILES string of the molecule is O=C(C=CS(=O)(=O)c1ccccc1)N1CCCCCC1. The fourth-order valence-corrected chi connectivity index (χ4v) is 3.22. The monoisotopic (exact) mass is 293 g/mol. The van der Waals surface area contributed by atoms with E-state index in [9.17, 15) is 13.2 Å². The first-order chi connectivity index (χ1) is 9.59. The average Bonchev–Trinajstić information content (AvgIpc) is 2.75. The normalized spacial score (nSPS) is 17.1. The van der Waals surface area contributed by atoms with Crippen LogP contribution in [0.15, 0.2) is 46.7 Å². The highest BCUT2D eigenvalue weighted by Gasteiger charge is 2.15. The van der Waals surface area contributed by atoms with Crippen molar-refractivity contribution in [3.05, 3.63) is 41.8 Å². The van der Waals surface area contributed by atoms with Gasteiger partial charge in [-0.2, -0.15) is 0 Å². The number of benzene rings is 1. The predicted molar refractivity (Wildman–Crippen MR) is 77.8 cm³/mol. The molecule has 0 atom stereocenters.